The third-order valence-electron chi connectivity index (χ3n) is 4.97. The van der Waals surface area contributed by atoms with E-state index in [1.165, 1.54) is 6.42 Å². The van der Waals surface area contributed by atoms with Crippen LogP contribution in [-0.4, -0.2) is 38.4 Å². The second-order valence-corrected chi connectivity index (χ2v) is 8.62. The standard InChI is InChI=1S/C20H28ClN5O/c1-14-7-5-6-10-25(14)19(27)17-9-8-15(11-18(17)21)22-12-16-13-26(24-23-16)20(2,3)4/h8-9,11,13-14,22H,5-7,10,12H2,1-4H3. The van der Waals surface area contributed by atoms with Crippen molar-refractivity contribution in [3.05, 3.63) is 40.7 Å². The fourth-order valence-electron chi connectivity index (χ4n) is 3.25. The summed E-state index contributed by atoms with van der Waals surface area (Å²) in [5, 5.41) is 12.1. The first kappa shape index (κ1) is 19.7. The number of hydrogen-bond donors (Lipinski definition) is 1. The van der Waals surface area contributed by atoms with Crippen LogP contribution in [0.4, 0.5) is 5.69 Å². The van der Waals surface area contributed by atoms with Gasteiger partial charge in [0.1, 0.15) is 5.69 Å². The molecule has 1 aliphatic heterocycles. The predicted octanol–water partition coefficient (Wildman–Crippen LogP) is 4.31. The molecular formula is C20H28ClN5O. The van der Waals surface area contributed by atoms with E-state index in [1.54, 1.807) is 12.1 Å². The van der Waals surface area contributed by atoms with Gasteiger partial charge in [0, 0.05) is 18.3 Å². The molecule has 0 aliphatic carbocycles. The lowest BCUT2D eigenvalue weighted by atomic mass is 10.0. The van der Waals surface area contributed by atoms with Crippen LogP contribution in [0.25, 0.3) is 0 Å². The fraction of sp³-hybridized carbons (Fsp3) is 0.550. The molecule has 0 radical (unpaired) electrons. The monoisotopic (exact) mass is 389 g/mol. The van der Waals surface area contributed by atoms with Gasteiger partial charge in [-0.25, -0.2) is 4.68 Å². The van der Waals surface area contributed by atoms with Gasteiger partial charge in [-0.05, 0) is 65.2 Å². The van der Waals surface area contributed by atoms with E-state index in [9.17, 15) is 4.79 Å². The van der Waals surface area contributed by atoms with Crippen molar-refractivity contribution >= 4 is 23.2 Å². The third-order valence-corrected chi connectivity index (χ3v) is 5.28. The maximum Gasteiger partial charge on any atom is 0.255 e. The highest BCUT2D eigenvalue weighted by Crippen LogP contribution is 2.26. The van der Waals surface area contributed by atoms with E-state index in [-0.39, 0.29) is 17.5 Å². The minimum atomic E-state index is -0.0951. The molecule has 2 aromatic rings. The van der Waals surface area contributed by atoms with Crippen molar-refractivity contribution in [1.29, 1.82) is 0 Å². The summed E-state index contributed by atoms with van der Waals surface area (Å²) >= 11 is 6.42. The van der Waals surface area contributed by atoms with Gasteiger partial charge in [-0.3, -0.25) is 4.79 Å². The van der Waals surface area contributed by atoms with Gasteiger partial charge in [0.2, 0.25) is 0 Å². The Labute approximate surface area is 165 Å². The number of anilines is 1. The van der Waals surface area contributed by atoms with Crippen molar-refractivity contribution in [2.45, 2.75) is 65.1 Å². The summed E-state index contributed by atoms with van der Waals surface area (Å²) in [5.41, 5.74) is 2.17. The Morgan fingerprint density at radius 3 is 2.74 bits per heavy atom. The molecule has 27 heavy (non-hydrogen) atoms. The van der Waals surface area contributed by atoms with Crippen LogP contribution in [0.3, 0.4) is 0 Å². The summed E-state index contributed by atoms with van der Waals surface area (Å²) in [6, 6.07) is 5.77. The lowest BCUT2D eigenvalue weighted by Crippen LogP contribution is -2.42. The van der Waals surface area contributed by atoms with Crippen molar-refractivity contribution in [3.8, 4) is 0 Å². The molecule has 6 nitrogen and oxygen atoms in total. The minimum Gasteiger partial charge on any atom is -0.379 e. The number of halogens is 1. The SMILES string of the molecule is CC1CCCCN1C(=O)c1ccc(NCc2cn(C(C)(C)C)nn2)cc1Cl. The van der Waals surface area contributed by atoms with Gasteiger partial charge in [-0.2, -0.15) is 0 Å². The zero-order valence-corrected chi connectivity index (χ0v) is 17.3. The highest BCUT2D eigenvalue weighted by atomic mass is 35.5. The minimum absolute atomic E-state index is 0.0203. The molecule has 1 amide bonds. The molecule has 0 spiro atoms. The number of amides is 1. The Kier molecular flexibility index (Phi) is 5.75. The highest BCUT2D eigenvalue weighted by molar-refractivity contribution is 6.34. The maximum atomic E-state index is 12.8. The molecule has 7 heteroatoms. The molecule has 1 aromatic heterocycles. The number of hydrogen-bond acceptors (Lipinski definition) is 4. The van der Waals surface area contributed by atoms with E-state index in [0.717, 1.165) is 30.8 Å². The van der Waals surface area contributed by atoms with Crippen LogP contribution in [0, 0.1) is 0 Å². The second-order valence-electron chi connectivity index (χ2n) is 8.22. The molecule has 1 fully saturated rings. The van der Waals surface area contributed by atoms with Gasteiger partial charge in [0.15, 0.2) is 0 Å². The van der Waals surface area contributed by atoms with Crippen LogP contribution in [0.5, 0.6) is 0 Å². The van der Waals surface area contributed by atoms with Crippen LogP contribution in [0.15, 0.2) is 24.4 Å². The van der Waals surface area contributed by atoms with Crippen LogP contribution >= 0.6 is 11.6 Å². The normalized spacial score (nSPS) is 17.8. The topological polar surface area (TPSA) is 63.1 Å². The summed E-state index contributed by atoms with van der Waals surface area (Å²) in [7, 11) is 0. The number of nitrogens with one attached hydrogen (secondary N) is 1. The lowest BCUT2D eigenvalue weighted by Gasteiger charge is -2.33. The molecule has 146 valence electrons. The average Bonchev–Trinajstić information content (AvgIpc) is 3.09. The number of piperidine rings is 1. The predicted molar refractivity (Wildman–Crippen MR) is 108 cm³/mol. The number of carbonyl (C=O) groups excluding carboxylic acids is 1. The lowest BCUT2D eigenvalue weighted by molar-refractivity contribution is 0.0636. The Bertz CT molecular complexity index is 811. The number of likely N-dealkylation sites (tertiary alicyclic amines) is 1. The number of nitrogens with zero attached hydrogens (tertiary/aromatic N) is 4. The van der Waals surface area contributed by atoms with Gasteiger partial charge >= 0.3 is 0 Å². The smallest absolute Gasteiger partial charge is 0.255 e. The first-order valence-electron chi connectivity index (χ1n) is 9.52. The first-order chi connectivity index (χ1) is 12.8. The van der Waals surface area contributed by atoms with Crippen molar-refractivity contribution < 1.29 is 4.79 Å². The van der Waals surface area contributed by atoms with Crippen LogP contribution < -0.4 is 5.32 Å². The summed E-state index contributed by atoms with van der Waals surface area (Å²) in [4.78, 5) is 14.8. The Balaban J connectivity index is 1.66. The number of aromatic nitrogens is 3. The largest absolute Gasteiger partial charge is 0.379 e. The molecule has 1 aliphatic rings. The molecule has 1 saturated heterocycles. The van der Waals surface area contributed by atoms with Crippen molar-refractivity contribution in [3.63, 3.8) is 0 Å². The van der Waals surface area contributed by atoms with E-state index < -0.39 is 0 Å². The van der Waals surface area contributed by atoms with Gasteiger partial charge in [-0.1, -0.05) is 16.8 Å². The first-order valence-corrected chi connectivity index (χ1v) is 9.89. The Hall–Kier alpha value is -2.08. The molecule has 1 atom stereocenters. The Morgan fingerprint density at radius 1 is 1.33 bits per heavy atom. The molecule has 1 aromatic carbocycles. The van der Waals surface area contributed by atoms with E-state index in [2.05, 4.69) is 43.3 Å². The van der Waals surface area contributed by atoms with Gasteiger partial charge in [0.25, 0.3) is 5.91 Å². The third kappa shape index (κ3) is 4.61. The van der Waals surface area contributed by atoms with Crippen LogP contribution in [-0.2, 0) is 12.1 Å². The maximum absolute atomic E-state index is 12.8. The summed E-state index contributed by atoms with van der Waals surface area (Å²) in [6.45, 7) is 9.70. The molecule has 2 heterocycles. The van der Waals surface area contributed by atoms with E-state index in [1.807, 2.05) is 21.8 Å². The Morgan fingerprint density at radius 2 is 2.11 bits per heavy atom. The molecular weight excluding hydrogens is 362 g/mol. The van der Waals surface area contributed by atoms with Crippen molar-refractivity contribution in [2.24, 2.45) is 0 Å². The molecule has 1 unspecified atom stereocenters. The van der Waals surface area contributed by atoms with Gasteiger partial charge in [0.05, 0.1) is 28.9 Å². The molecule has 3 rings (SSSR count). The van der Waals surface area contributed by atoms with Crippen molar-refractivity contribution in [2.75, 3.05) is 11.9 Å². The van der Waals surface area contributed by atoms with Gasteiger partial charge < -0.3 is 10.2 Å². The summed E-state index contributed by atoms with van der Waals surface area (Å²) < 4.78 is 1.85. The molecule has 0 saturated carbocycles. The number of benzene rings is 1. The van der Waals surface area contributed by atoms with Gasteiger partial charge in [-0.15, -0.1) is 5.10 Å². The second kappa shape index (κ2) is 7.89. The number of carbonyl (C=O) groups is 1. The van der Waals surface area contributed by atoms with E-state index in [0.29, 0.717) is 17.1 Å². The van der Waals surface area contributed by atoms with E-state index >= 15 is 0 Å². The van der Waals surface area contributed by atoms with Crippen molar-refractivity contribution in [1.82, 2.24) is 19.9 Å². The molecule has 0 bridgehead atoms. The fourth-order valence-corrected chi connectivity index (χ4v) is 3.51. The van der Waals surface area contributed by atoms with Crippen LogP contribution in [0.1, 0.15) is 63.0 Å². The number of rotatable bonds is 4. The highest BCUT2D eigenvalue weighted by Gasteiger charge is 2.25. The van der Waals surface area contributed by atoms with E-state index in [4.69, 9.17) is 11.6 Å². The van der Waals surface area contributed by atoms with Crippen LogP contribution in [0.2, 0.25) is 5.02 Å². The summed E-state index contributed by atoms with van der Waals surface area (Å²) in [5.74, 6) is 0.0203. The molecule has 1 N–H and O–H groups in total. The quantitative estimate of drug-likeness (QED) is 0.846. The summed E-state index contributed by atoms with van der Waals surface area (Å²) in [6.07, 6.45) is 5.23. The average molecular weight is 390 g/mol. The zero-order valence-electron chi connectivity index (χ0n) is 16.5. The zero-order chi connectivity index (χ0) is 19.6.